The summed E-state index contributed by atoms with van der Waals surface area (Å²) < 4.78 is 0. The second-order valence-corrected chi connectivity index (χ2v) is 5.92. The van der Waals surface area contributed by atoms with Gasteiger partial charge in [-0.05, 0) is 32.6 Å². The minimum atomic E-state index is -0.726. The van der Waals surface area contributed by atoms with Gasteiger partial charge in [0, 0.05) is 19.1 Å². The number of carbonyl (C=O) groups excluding carboxylic acids is 1. The van der Waals surface area contributed by atoms with Gasteiger partial charge in [-0.25, -0.2) is 4.79 Å². The number of nitrogens with zero attached hydrogens (tertiary/aromatic N) is 1. The number of amides is 2. The highest BCUT2D eigenvalue weighted by Crippen LogP contribution is 2.35. The molecule has 5 heteroatoms. The number of likely N-dealkylation sites (tertiary alicyclic amines) is 1. The molecule has 1 aliphatic rings. The summed E-state index contributed by atoms with van der Waals surface area (Å²) in [4.78, 5) is 25.2. The lowest BCUT2D eigenvalue weighted by molar-refractivity contribution is -0.151. The SMILES string of the molecule is CCCCC(C)NC(=O)N1CCC(CC)(C(=O)O)CC1. The van der Waals surface area contributed by atoms with E-state index in [0.29, 0.717) is 32.4 Å². The van der Waals surface area contributed by atoms with Gasteiger partial charge >= 0.3 is 12.0 Å². The normalized spacial score (nSPS) is 19.4. The molecule has 1 heterocycles. The molecule has 1 aliphatic heterocycles. The molecule has 0 aliphatic carbocycles. The Labute approximate surface area is 121 Å². The van der Waals surface area contributed by atoms with Gasteiger partial charge in [0.05, 0.1) is 5.41 Å². The van der Waals surface area contributed by atoms with Crippen molar-refractivity contribution in [1.29, 1.82) is 0 Å². The van der Waals surface area contributed by atoms with Crippen LogP contribution in [-0.4, -0.2) is 41.1 Å². The first-order valence-corrected chi connectivity index (χ1v) is 7.74. The lowest BCUT2D eigenvalue weighted by atomic mass is 9.76. The van der Waals surface area contributed by atoms with E-state index in [0.717, 1.165) is 19.3 Å². The Morgan fingerprint density at radius 2 is 1.90 bits per heavy atom. The Morgan fingerprint density at radius 1 is 1.30 bits per heavy atom. The van der Waals surface area contributed by atoms with E-state index >= 15 is 0 Å². The van der Waals surface area contributed by atoms with E-state index in [1.54, 1.807) is 4.90 Å². The molecule has 1 rings (SSSR count). The van der Waals surface area contributed by atoms with Crippen molar-refractivity contribution in [3.8, 4) is 0 Å². The number of nitrogens with one attached hydrogen (secondary N) is 1. The van der Waals surface area contributed by atoms with E-state index in [4.69, 9.17) is 0 Å². The minimum absolute atomic E-state index is 0.0521. The first-order chi connectivity index (χ1) is 9.45. The van der Waals surface area contributed by atoms with Crippen molar-refractivity contribution in [3.05, 3.63) is 0 Å². The van der Waals surface area contributed by atoms with Crippen LogP contribution in [0.4, 0.5) is 4.79 Å². The molecule has 1 unspecified atom stereocenters. The molecule has 0 spiro atoms. The van der Waals surface area contributed by atoms with Gasteiger partial charge in [-0.2, -0.15) is 0 Å². The Morgan fingerprint density at radius 3 is 2.35 bits per heavy atom. The van der Waals surface area contributed by atoms with E-state index in [1.807, 2.05) is 13.8 Å². The third kappa shape index (κ3) is 4.12. The van der Waals surface area contributed by atoms with Crippen molar-refractivity contribution in [2.45, 2.75) is 65.3 Å². The number of aliphatic carboxylic acids is 1. The summed E-state index contributed by atoms with van der Waals surface area (Å²) in [5, 5.41) is 12.3. The van der Waals surface area contributed by atoms with Crippen LogP contribution in [0.5, 0.6) is 0 Å². The van der Waals surface area contributed by atoms with Gasteiger partial charge in [0.25, 0.3) is 0 Å². The van der Waals surface area contributed by atoms with Crippen LogP contribution in [0.1, 0.15) is 59.3 Å². The summed E-state index contributed by atoms with van der Waals surface area (Å²) in [6.45, 7) is 7.14. The maximum atomic E-state index is 12.1. The molecule has 5 nitrogen and oxygen atoms in total. The molecule has 20 heavy (non-hydrogen) atoms. The van der Waals surface area contributed by atoms with Gasteiger partial charge in [0.15, 0.2) is 0 Å². The van der Waals surface area contributed by atoms with E-state index in [-0.39, 0.29) is 12.1 Å². The smallest absolute Gasteiger partial charge is 0.317 e. The Bertz CT molecular complexity index is 336. The van der Waals surface area contributed by atoms with Gasteiger partial charge < -0.3 is 15.3 Å². The largest absolute Gasteiger partial charge is 0.481 e. The topological polar surface area (TPSA) is 69.6 Å². The summed E-state index contributed by atoms with van der Waals surface area (Å²) in [6, 6.07) is 0.128. The average Bonchev–Trinajstić information content (AvgIpc) is 2.44. The van der Waals surface area contributed by atoms with E-state index in [1.165, 1.54) is 0 Å². The molecule has 0 saturated carbocycles. The Kier molecular flexibility index (Phi) is 6.30. The lowest BCUT2D eigenvalue weighted by Crippen LogP contribution is -2.51. The Balaban J connectivity index is 2.44. The second-order valence-electron chi connectivity index (χ2n) is 5.92. The van der Waals surface area contributed by atoms with Gasteiger partial charge in [0.1, 0.15) is 0 Å². The highest BCUT2D eigenvalue weighted by molar-refractivity contribution is 5.77. The van der Waals surface area contributed by atoms with Crippen molar-refractivity contribution in [2.24, 2.45) is 5.41 Å². The minimum Gasteiger partial charge on any atom is -0.481 e. The number of unbranched alkanes of at least 4 members (excludes halogenated alkanes) is 1. The fourth-order valence-electron chi connectivity index (χ4n) is 2.74. The molecule has 2 amide bonds. The van der Waals surface area contributed by atoms with Crippen LogP contribution < -0.4 is 5.32 Å². The highest BCUT2D eigenvalue weighted by atomic mass is 16.4. The fourth-order valence-corrected chi connectivity index (χ4v) is 2.74. The molecular formula is C15H28N2O3. The zero-order valence-electron chi connectivity index (χ0n) is 12.9. The zero-order valence-corrected chi connectivity index (χ0v) is 12.9. The maximum Gasteiger partial charge on any atom is 0.317 e. The molecule has 0 aromatic carbocycles. The average molecular weight is 284 g/mol. The van der Waals surface area contributed by atoms with Crippen LogP contribution in [0.15, 0.2) is 0 Å². The van der Waals surface area contributed by atoms with E-state index < -0.39 is 11.4 Å². The van der Waals surface area contributed by atoms with Crippen molar-refractivity contribution < 1.29 is 14.7 Å². The van der Waals surface area contributed by atoms with Gasteiger partial charge in [-0.15, -0.1) is 0 Å². The molecule has 1 saturated heterocycles. The number of hydrogen-bond acceptors (Lipinski definition) is 2. The lowest BCUT2D eigenvalue weighted by Gasteiger charge is -2.38. The van der Waals surface area contributed by atoms with Crippen LogP contribution in [0.25, 0.3) is 0 Å². The molecule has 0 aromatic rings. The van der Waals surface area contributed by atoms with Gasteiger partial charge in [0.2, 0.25) is 0 Å². The number of carboxylic acid groups (broad SMARTS) is 1. The molecule has 0 radical (unpaired) electrons. The quantitative estimate of drug-likeness (QED) is 0.788. The third-order valence-electron chi connectivity index (χ3n) is 4.50. The van der Waals surface area contributed by atoms with Crippen molar-refractivity contribution >= 4 is 12.0 Å². The molecule has 2 N–H and O–H groups in total. The van der Waals surface area contributed by atoms with E-state index in [2.05, 4.69) is 12.2 Å². The summed E-state index contributed by atoms with van der Waals surface area (Å²) in [5.41, 5.74) is -0.634. The predicted octanol–water partition coefficient (Wildman–Crippen LogP) is 2.85. The van der Waals surface area contributed by atoms with Crippen LogP contribution in [-0.2, 0) is 4.79 Å². The zero-order chi connectivity index (χ0) is 15.2. The summed E-state index contributed by atoms with van der Waals surface area (Å²) in [7, 11) is 0. The first-order valence-electron chi connectivity index (χ1n) is 7.74. The highest BCUT2D eigenvalue weighted by Gasteiger charge is 2.40. The monoisotopic (exact) mass is 284 g/mol. The Hall–Kier alpha value is -1.26. The van der Waals surface area contributed by atoms with Crippen LogP contribution in [0.3, 0.4) is 0 Å². The van der Waals surface area contributed by atoms with Crippen molar-refractivity contribution in [3.63, 3.8) is 0 Å². The number of piperidine rings is 1. The number of hydrogen-bond donors (Lipinski definition) is 2. The number of carboxylic acids is 1. The summed E-state index contributed by atoms with van der Waals surface area (Å²) in [5.74, 6) is -0.726. The van der Waals surface area contributed by atoms with Crippen molar-refractivity contribution in [2.75, 3.05) is 13.1 Å². The number of urea groups is 1. The molecular weight excluding hydrogens is 256 g/mol. The van der Waals surface area contributed by atoms with Crippen LogP contribution in [0.2, 0.25) is 0 Å². The van der Waals surface area contributed by atoms with Crippen LogP contribution >= 0.6 is 0 Å². The summed E-state index contributed by atoms with van der Waals surface area (Å²) in [6.07, 6.45) is 4.96. The molecule has 0 aromatic heterocycles. The van der Waals surface area contributed by atoms with Crippen molar-refractivity contribution in [1.82, 2.24) is 10.2 Å². The first kappa shape index (κ1) is 16.8. The van der Waals surface area contributed by atoms with Crippen LogP contribution in [0, 0.1) is 5.41 Å². The molecule has 0 bridgehead atoms. The standard InChI is InChI=1S/C15H28N2O3/c1-4-6-7-12(3)16-14(20)17-10-8-15(5-2,9-11-17)13(18)19/h12H,4-11H2,1-3H3,(H,16,20)(H,18,19). The molecule has 116 valence electrons. The third-order valence-corrected chi connectivity index (χ3v) is 4.50. The fraction of sp³-hybridized carbons (Fsp3) is 0.867. The van der Waals surface area contributed by atoms with E-state index in [9.17, 15) is 14.7 Å². The molecule has 1 fully saturated rings. The summed E-state index contributed by atoms with van der Waals surface area (Å²) >= 11 is 0. The maximum absolute atomic E-state index is 12.1. The van der Waals surface area contributed by atoms with Gasteiger partial charge in [-0.3, -0.25) is 4.79 Å². The number of rotatable bonds is 6. The second kappa shape index (κ2) is 7.50. The van der Waals surface area contributed by atoms with Gasteiger partial charge in [-0.1, -0.05) is 26.7 Å². The predicted molar refractivity (Wildman–Crippen MR) is 78.7 cm³/mol. The molecule has 1 atom stereocenters. The number of carbonyl (C=O) groups is 2.